The molecule has 2 N–H and O–H groups in total. The maximum atomic E-state index is 10.8. The topological polar surface area (TPSA) is 94.1 Å². The van der Waals surface area contributed by atoms with Crippen LogP contribution in [0.25, 0.3) is 0 Å². The normalized spacial score (nSPS) is 25.4. The number of methoxy groups -OCH3 is 1. The third kappa shape index (κ3) is 4.03. The van der Waals surface area contributed by atoms with E-state index in [4.69, 9.17) is 9.84 Å². The first-order chi connectivity index (χ1) is 7.11. The molecular weight excluding hydrogens is 206 g/mol. The molecule has 0 aromatic heterocycles. The maximum absolute atomic E-state index is 10.8. The molecule has 1 heterocycles. The fraction of sp³-hybridized carbons (Fsp3) is 0.750. The molecule has 86 valence electrons. The first kappa shape index (κ1) is 11.6. The predicted molar refractivity (Wildman–Crippen MR) is 47.2 cm³/mol. The third-order valence-corrected chi connectivity index (χ3v) is 1.95. The van der Waals surface area contributed by atoms with E-state index in [2.05, 4.69) is 14.8 Å². The van der Waals surface area contributed by atoms with Crippen LogP contribution in [0.15, 0.2) is 0 Å². The molecule has 0 amide bonds. The van der Waals surface area contributed by atoms with Crippen molar-refractivity contribution in [2.24, 2.45) is 0 Å². The summed E-state index contributed by atoms with van der Waals surface area (Å²) in [5.74, 6) is 0. The molecule has 1 fully saturated rings. The second-order valence-electron chi connectivity index (χ2n) is 3.03. The van der Waals surface area contributed by atoms with Gasteiger partial charge in [0, 0.05) is 0 Å². The van der Waals surface area contributed by atoms with Gasteiger partial charge < -0.3 is 19.3 Å². The van der Waals surface area contributed by atoms with Crippen molar-refractivity contribution in [2.75, 3.05) is 7.11 Å². The Morgan fingerprint density at radius 3 is 2.40 bits per heavy atom. The highest BCUT2D eigenvalue weighted by atomic mass is 16.7. The summed E-state index contributed by atoms with van der Waals surface area (Å²) in [6.45, 7) is 0. The zero-order valence-corrected chi connectivity index (χ0v) is 8.26. The molecule has 15 heavy (non-hydrogen) atoms. The van der Waals surface area contributed by atoms with E-state index in [1.807, 2.05) is 0 Å². The molecule has 0 aromatic rings. The number of piperidine rings is 1. The second-order valence-corrected chi connectivity index (χ2v) is 3.03. The second kappa shape index (κ2) is 5.40. The average molecular weight is 219 g/mol. The smallest absolute Gasteiger partial charge is 0.450 e. The molecule has 0 radical (unpaired) electrons. The van der Waals surface area contributed by atoms with Crippen LogP contribution in [0.5, 0.6) is 0 Å². The molecule has 0 aromatic carbocycles. The molecule has 1 rings (SSSR count). The lowest BCUT2D eigenvalue weighted by Crippen LogP contribution is -2.46. The lowest BCUT2D eigenvalue weighted by molar-refractivity contribution is -0.0459. The minimum atomic E-state index is -1.36. The highest BCUT2D eigenvalue weighted by Crippen LogP contribution is 2.14. The highest BCUT2D eigenvalue weighted by Gasteiger charge is 2.26. The number of carbonyl (C=O) groups is 2. The summed E-state index contributed by atoms with van der Waals surface area (Å²) in [7, 11) is 1.20. The van der Waals surface area contributed by atoms with Crippen LogP contribution in [0, 0.1) is 0 Å². The third-order valence-electron chi connectivity index (χ3n) is 1.95. The first-order valence-electron chi connectivity index (χ1n) is 4.52. The van der Waals surface area contributed by atoms with E-state index in [-0.39, 0.29) is 0 Å². The summed E-state index contributed by atoms with van der Waals surface area (Å²) in [6.07, 6.45) is -1.47. The van der Waals surface area contributed by atoms with Crippen molar-refractivity contribution in [1.82, 2.24) is 5.32 Å². The van der Waals surface area contributed by atoms with Gasteiger partial charge in [-0.1, -0.05) is 0 Å². The molecule has 1 aliphatic heterocycles. The van der Waals surface area contributed by atoms with Crippen LogP contribution in [0.4, 0.5) is 9.59 Å². The Kier molecular flexibility index (Phi) is 4.17. The number of carboxylic acid groups (broad SMARTS) is 1. The van der Waals surface area contributed by atoms with Crippen LogP contribution in [-0.4, -0.2) is 37.0 Å². The van der Waals surface area contributed by atoms with E-state index in [1.165, 1.54) is 7.11 Å². The zero-order chi connectivity index (χ0) is 11.3. The van der Waals surface area contributed by atoms with Gasteiger partial charge in [0.25, 0.3) is 0 Å². The molecule has 2 unspecified atom stereocenters. The van der Waals surface area contributed by atoms with E-state index in [9.17, 15) is 9.59 Å². The molecule has 0 spiro atoms. The molecule has 2 atom stereocenters. The maximum Gasteiger partial charge on any atom is 0.509 e. The van der Waals surface area contributed by atoms with E-state index in [0.717, 1.165) is 0 Å². The monoisotopic (exact) mass is 219 g/mol. The fourth-order valence-electron chi connectivity index (χ4n) is 1.33. The zero-order valence-electron chi connectivity index (χ0n) is 8.26. The van der Waals surface area contributed by atoms with Gasteiger partial charge in [0.1, 0.15) is 0 Å². The van der Waals surface area contributed by atoms with E-state index in [0.29, 0.717) is 19.3 Å². The quantitative estimate of drug-likeness (QED) is 0.666. The lowest BCUT2D eigenvalue weighted by Gasteiger charge is -2.28. The van der Waals surface area contributed by atoms with Crippen LogP contribution in [0.3, 0.4) is 0 Å². The first-order valence-corrected chi connectivity index (χ1v) is 4.52. The molecule has 1 saturated heterocycles. The predicted octanol–water partition coefficient (Wildman–Crippen LogP) is 0.890. The van der Waals surface area contributed by atoms with Gasteiger partial charge >= 0.3 is 12.3 Å². The Morgan fingerprint density at radius 2 is 1.87 bits per heavy atom. The minimum Gasteiger partial charge on any atom is -0.450 e. The summed E-state index contributed by atoms with van der Waals surface area (Å²) in [5, 5.41) is 11.1. The number of rotatable bonds is 2. The summed E-state index contributed by atoms with van der Waals surface area (Å²) < 4.78 is 13.6. The Morgan fingerprint density at radius 1 is 1.27 bits per heavy atom. The summed E-state index contributed by atoms with van der Waals surface area (Å²) >= 11 is 0. The largest absolute Gasteiger partial charge is 0.509 e. The summed E-state index contributed by atoms with van der Waals surface area (Å²) in [6, 6.07) is 0. The van der Waals surface area contributed by atoms with Crippen LogP contribution in [0.2, 0.25) is 0 Å². The Bertz CT molecular complexity index is 243. The van der Waals surface area contributed by atoms with E-state index in [1.54, 1.807) is 0 Å². The Labute approximate surface area is 86.3 Å². The van der Waals surface area contributed by atoms with E-state index >= 15 is 0 Å². The van der Waals surface area contributed by atoms with Crippen LogP contribution >= 0.6 is 0 Å². The standard InChI is InChI=1S/C8H13NO6/c1-13-8(12)15-6-4-2-3-5(9-6)14-7(10)11/h5-6,9H,2-4H2,1H3,(H,10,11). The van der Waals surface area contributed by atoms with Gasteiger partial charge in [-0.2, -0.15) is 0 Å². The van der Waals surface area contributed by atoms with Crippen LogP contribution in [0.1, 0.15) is 19.3 Å². The van der Waals surface area contributed by atoms with Crippen molar-refractivity contribution in [2.45, 2.75) is 31.7 Å². The van der Waals surface area contributed by atoms with Gasteiger partial charge in [0.15, 0.2) is 12.5 Å². The summed E-state index contributed by atoms with van der Waals surface area (Å²) in [4.78, 5) is 21.0. The number of hydrogen-bond donors (Lipinski definition) is 2. The van der Waals surface area contributed by atoms with Crippen molar-refractivity contribution < 1.29 is 28.9 Å². The molecular formula is C8H13NO6. The van der Waals surface area contributed by atoms with Gasteiger partial charge in [0.05, 0.1) is 7.11 Å². The van der Waals surface area contributed by atoms with Gasteiger partial charge in [-0.05, 0) is 19.3 Å². The Balaban J connectivity index is 2.35. The van der Waals surface area contributed by atoms with Crippen LogP contribution < -0.4 is 5.32 Å². The van der Waals surface area contributed by atoms with Crippen molar-refractivity contribution in [1.29, 1.82) is 0 Å². The van der Waals surface area contributed by atoms with Crippen LogP contribution in [-0.2, 0) is 14.2 Å². The lowest BCUT2D eigenvalue weighted by atomic mass is 10.1. The molecule has 0 aliphatic carbocycles. The summed E-state index contributed by atoms with van der Waals surface area (Å²) in [5.41, 5.74) is 0. The molecule has 7 nitrogen and oxygen atoms in total. The fourth-order valence-corrected chi connectivity index (χ4v) is 1.33. The van der Waals surface area contributed by atoms with Gasteiger partial charge in [-0.3, -0.25) is 0 Å². The van der Waals surface area contributed by atoms with Crippen molar-refractivity contribution in [3.63, 3.8) is 0 Å². The number of ether oxygens (including phenoxy) is 3. The minimum absolute atomic E-state index is 0.560. The molecule has 7 heteroatoms. The van der Waals surface area contributed by atoms with Gasteiger partial charge in [-0.25, -0.2) is 14.9 Å². The van der Waals surface area contributed by atoms with Crippen molar-refractivity contribution >= 4 is 12.3 Å². The van der Waals surface area contributed by atoms with Crippen molar-refractivity contribution in [3.8, 4) is 0 Å². The van der Waals surface area contributed by atoms with Gasteiger partial charge in [0.2, 0.25) is 0 Å². The molecule has 1 aliphatic rings. The highest BCUT2D eigenvalue weighted by molar-refractivity contribution is 5.59. The Hall–Kier alpha value is -1.50. The number of hydrogen-bond acceptors (Lipinski definition) is 6. The number of nitrogens with one attached hydrogen (secondary N) is 1. The van der Waals surface area contributed by atoms with Crippen molar-refractivity contribution in [3.05, 3.63) is 0 Å². The number of carbonyl (C=O) groups excluding carboxylic acids is 1. The SMILES string of the molecule is COC(=O)OC1CCCC(OC(=O)O)N1. The van der Waals surface area contributed by atoms with Gasteiger partial charge in [-0.15, -0.1) is 0 Å². The molecule has 0 saturated carbocycles. The molecule has 0 bridgehead atoms. The average Bonchev–Trinajstić information content (AvgIpc) is 2.17. The van der Waals surface area contributed by atoms with E-state index < -0.39 is 24.8 Å².